The molecule has 0 radical (unpaired) electrons. The van der Waals surface area contributed by atoms with Crippen LogP contribution in [-0.4, -0.2) is 21.2 Å². The Morgan fingerprint density at radius 1 is 1.38 bits per heavy atom. The zero-order chi connectivity index (χ0) is 12.9. The number of carbonyl (C=O) groups is 1. The number of ether oxygens (including phenoxy) is 1. The smallest absolute Gasteiger partial charge is 0.334 e. The lowest BCUT2D eigenvalue weighted by Gasteiger charge is -2.19. The van der Waals surface area contributed by atoms with Crippen molar-refractivity contribution < 1.29 is 9.53 Å². The first-order chi connectivity index (χ1) is 7.23. The third kappa shape index (κ3) is 4.19. The normalized spacial score (nSPS) is 13.1. The standard InChI is InChI=1S/C12H21NO2Si/c1-9(2)7-10(12(14)15-3)11(8-13)16(4,5)6/h9H,7H2,1-6H3/b11-10+. The zero-order valence-electron chi connectivity index (χ0n) is 11.0. The molecule has 0 aliphatic carbocycles. The van der Waals surface area contributed by atoms with Crippen molar-refractivity contribution in [3.8, 4) is 6.07 Å². The average Bonchev–Trinajstić information content (AvgIpc) is 2.13. The molecule has 3 nitrogen and oxygen atoms in total. The number of allylic oxidation sites excluding steroid dienone is 1. The van der Waals surface area contributed by atoms with Gasteiger partial charge in [-0.1, -0.05) is 33.5 Å². The Hall–Kier alpha value is -1.08. The van der Waals surface area contributed by atoms with E-state index in [0.717, 1.165) is 0 Å². The lowest BCUT2D eigenvalue weighted by atomic mass is 10.0. The maximum absolute atomic E-state index is 11.7. The van der Waals surface area contributed by atoms with E-state index in [1.54, 1.807) is 0 Å². The van der Waals surface area contributed by atoms with Crippen LogP contribution in [0.15, 0.2) is 10.8 Å². The summed E-state index contributed by atoms with van der Waals surface area (Å²) >= 11 is 0. The monoisotopic (exact) mass is 239 g/mol. The molecule has 4 heteroatoms. The largest absolute Gasteiger partial charge is 0.466 e. The minimum absolute atomic E-state index is 0.341. The van der Waals surface area contributed by atoms with Gasteiger partial charge in [-0.15, -0.1) is 0 Å². The van der Waals surface area contributed by atoms with Gasteiger partial charge in [-0.05, 0) is 12.3 Å². The zero-order valence-corrected chi connectivity index (χ0v) is 12.0. The van der Waals surface area contributed by atoms with E-state index in [1.807, 2.05) is 13.8 Å². The average molecular weight is 239 g/mol. The van der Waals surface area contributed by atoms with Crippen LogP contribution in [0.4, 0.5) is 0 Å². The summed E-state index contributed by atoms with van der Waals surface area (Å²) in [6.07, 6.45) is 0.611. The predicted molar refractivity (Wildman–Crippen MR) is 67.5 cm³/mol. The molecule has 0 spiro atoms. The molecule has 0 amide bonds. The van der Waals surface area contributed by atoms with Gasteiger partial charge in [-0.25, -0.2) is 4.79 Å². The van der Waals surface area contributed by atoms with E-state index in [-0.39, 0.29) is 5.97 Å². The first-order valence-corrected chi connectivity index (χ1v) is 8.96. The molecule has 0 saturated carbocycles. The van der Waals surface area contributed by atoms with Crippen molar-refractivity contribution in [2.45, 2.75) is 39.9 Å². The van der Waals surface area contributed by atoms with Gasteiger partial charge in [-0.2, -0.15) is 5.26 Å². The molecule has 0 heterocycles. The minimum atomic E-state index is -1.78. The van der Waals surface area contributed by atoms with Crippen molar-refractivity contribution >= 4 is 14.0 Å². The highest BCUT2D eigenvalue weighted by Crippen LogP contribution is 2.23. The lowest BCUT2D eigenvalue weighted by Crippen LogP contribution is -2.27. The topological polar surface area (TPSA) is 50.1 Å². The van der Waals surface area contributed by atoms with E-state index in [9.17, 15) is 10.1 Å². The quantitative estimate of drug-likeness (QED) is 0.328. The van der Waals surface area contributed by atoms with Crippen LogP contribution in [0.25, 0.3) is 0 Å². The van der Waals surface area contributed by atoms with Crippen LogP contribution < -0.4 is 0 Å². The fourth-order valence-electron chi connectivity index (χ4n) is 1.51. The van der Waals surface area contributed by atoms with Gasteiger partial charge in [0, 0.05) is 10.8 Å². The molecule has 0 bridgehead atoms. The van der Waals surface area contributed by atoms with Gasteiger partial charge in [-0.3, -0.25) is 0 Å². The van der Waals surface area contributed by atoms with Gasteiger partial charge in [0.25, 0.3) is 0 Å². The number of hydrogen-bond acceptors (Lipinski definition) is 3. The second-order valence-electron chi connectivity index (χ2n) is 5.30. The molecule has 16 heavy (non-hydrogen) atoms. The Labute approximate surface area is 99.1 Å². The molecule has 0 atom stereocenters. The van der Waals surface area contributed by atoms with E-state index in [1.165, 1.54) is 7.11 Å². The Bertz CT molecular complexity index is 332. The molecule has 0 saturated heterocycles. The third-order valence-corrected chi connectivity index (χ3v) is 4.12. The van der Waals surface area contributed by atoms with Gasteiger partial charge >= 0.3 is 5.97 Å². The number of carbonyl (C=O) groups excluding carboxylic acids is 1. The van der Waals surface area contributed by atoms with Crippen LogP contribution >= 0.6 is 0 Å². The van der Waals surface area contributed by atoms with Crippen molar-refractivity contribution in [3.63, 3.8) is 0 Å². The van der Waals surface area contributed by atoms with Crippen LogP contribution in [0, 0.1) is 17.2 Å². The maximum Gasteiger partial charge on any atom is 0.334 e. The lowest BCUT2D eigenvalue weighted by molar-refractivity contribution is -0.136. The van der Waals surface area contributed by atoms with Crippen molar-refractivity contribution in [1.29, 1.82) is 5.26 Å². The second kappa shape index (κ2) is 5.85. The SMILES string of the molecule is COC(=O)/C(CC(C)C)=C(\C#N)[Si](C)(C)C. The number of nitrogens with zero attached hydrogens (tertiary/aromatic N) is 1. The van der Waals surface area contributed by atoms with Crippen molar-refractivity contribution in [2.24, 2.45) is 5.92 Å². The van der Waals surface area contributed by atoms with E-state index in [4.69, 9.17) is 4.74 Å². The minimum Gasteiger partial charge on any atom is -0.466 e. The van der Waals surface area contributed by atoms with E-state index in [0.29, 0.717) is 23.1 Å². The van der Waals surface area contributed by atoms with Gasteiger partial charge in [0.05, 0.1) is 21.3 Å². The summed E-state index contributed by atoms with van der Waals surface area (Å²) in [7, 11) is -0.415. The Morgan fingerprint density at radius 3 is 2.12 bits per heavy atom. The number of esters is 1. The van der Waals surface area contributed by atoms with Crippen molar-refractivity contribution in [1.82, 2.24) is 0 Å². The molecule has 0 aromatic rings. The number of nitriles is 1. The van der Waals surface area contributed by atoms with Crippen LogP contribution in [-0.2, 0) is 9.53 Å². The number of hydrogen-bond donors (Lipinski definition) is 0. The highest BCUT2D eigenvalue weighted by Gasteiger charge is 2.27. The molecule has 0 N–H and O–H groups in total. The summed E-state index contributed by atoms with van der Waals surface area (Å²) in [6.45, 7) is 10.3. The van der Waals surface area contributed by atoms with Crippen LogP contribution in [0.2, 0.25) is 19.6 Å². The summed E-state index contributed by atoms with van der Waals surface area (Å²) < 4.78 is 4.77. The first kappa shape index (κ1) is 14.9. The fourth-order valence-corrected chi connectivity index (χ4v) is 2.95. The molecule has 0 unspecified atom stereocenters. The summed E-state index contributed by atoms with van der Waals surface area (Å²) in [6, 6.07) is 2.20. The highest BCUT2D eigenvalue weighted by molar-refractivity contribution is 6.84. The molecule has 0 aromatic heterocycles. The fraction of sp³-hybridized carbons (Fsp3) is 0.667. The van der Waals surface area contributed by atoms with E-state index < -0.39 is 8.07 Å². The molecular weight excluding hydrogens is 218 g/mol. The molecule has 0 aliphatic rings. The highest BCUT2D eigenvalue weighted by atomic mass is 28.3. The maximum atomic E-state index is 11.7. The molecule has 90 valence electrons. The van der Waals surface area contributed by atoms with Crippen LogP contribution in [0.3, 0.4) is 0 Å². The van der Waals surface area contributed by atoms with Crippen molar-refractivity contribution in [3.05, 3.63) is 10.8 Å². The van der Waals surface area contributed by atoms with Gasteiger partial charge in [0.1, 0.15) is 0 Å². The van der Waals surface area contributed by atoms with Crippen LogP contribution in [0.1, 0.15) is 20.3 Å². The molecular formula is C12H21NO2Si. The van der Waals surface area contributed by atoms with Gasteiger partial charge in [0.2, 0.25) is 0 Å². The summed E-state index contributed by atoms with van der Waals surface area (Å²) in [5.41, 5.74) is 0.569. The molecule has 0 fully saturated rings. The van der Waals surface area contributed by atoms with Crippen molar-refractivity contribution in [2.75, 3.05) is 7.11 Å². The van der Waals surface area contributed by atoms with E-state index in [2.05, 4.69) is 25.7 Å². The molecule has 0 aliphatic heterocycles. The predicted octanol–water partition coefficient (Wildman–Crippen LogP) is 2.90. The first-order valence-electron chi connectivity index (χ1n) is 5.46. The van der Waals surface area contributed by atoms with Gasteiger partial charge in [0.15, 0.2) is 0 Å². The molecule has 0 rings (SSSR count). The van der Waals surface area contributed by atoms with Gasteiger partial charge < -0.3 is 4.74 Å². The molecule has 0 aromatic carbocycles. The second-order valence-corrected chi connectivity index (χ2v) is 10.3. The van der Waals surface area contributed by atoms with Crippen LogP contribution in [0.5, 0.6) is 0 Å². The third-order valence-electron chi connectivity index (χ3n) is 2.21. The Kier molecular flexibility index (Phi) is 5.46. The number of methoxy groups -OCH3 is 1. The summed E-state index contributed by atoms with van der Waals surface area (Å²) in [5.74, 6) is -0.0125. The summed E-state index contributed by atoms with van der Waals surface area (Å²) in [4.78, 5) is 11.7. The Morgan fingerprint density at radius 2 is 1.88 bits per heavy atom. The summed E-state index contributed by atoms with van der Waals surface area (Å²) in [5, 5.41) is 9.87. The Balaban J connectivity index is 5.51. The van der Waals surface area contributed by atoms with E-state index >= 15 is 0 Å². The number of rotatable bonds is 4.